The van der Waals surface area contributed by atoms with Gasteiger partial charge in [0.25, 0.3) is 5.56 Å². The van der Waals surface area contributed by atoms with Gasteiger partial charge < -0.3 is 5.32 Å². The van der Waals surface area contributed by atoms with Crippen molar-refractivity contribution < 1.29 is 9.59 Å². The molecule has 0 atom stereocenters. The highest BCUT2D eigenvalue weighted by molar-refractivity contribution is 7.17. The second-order valence-electron chi connectivity index (χ2n) is 7.67. The Labute approximate surface area is 189 Å². The van der Waals surface area contributed by atoms with Crippen LogP contribution in [0.2, 0.25) is 0 Å². The zero-order valence-electron chi connectivity index (χ0n) is 17.9. The van der Waals surface area contributed by atoms with E-state index in [-0.39, 0.29) is 23.8 Å². The molecule has 0 radical (unpaired) electrons. The Balaban J connectivity index is 1.58. The van der Waals surface area contributed by atoms with E-state index in [1.165, 1.54) is 22.2 Å². The smallest absolute Gasteiger partial charge is 0.263 e. The molecule has 2 aromatic heterocycles. The molecule has 6 nitrogen and oxygen atoms in total. The number of anilines is 1. The number of carbonyl (C=O) groups excluding carboxylic acids is 2. The first-order valence-electron chi connectivity index (χ1n) is 10.4. The van der Waals surface area contributed by atoms with Crippen LogP contribution < -0.4 is 10.9 Å². The largest absolute Gasteiger partial charge is 0.326 e. The monoisotopic (exact) mass is 445 g/mol. The minimum atomic E-state index is -0.233. The van der Waals surface area contributed by atoms with Gasteiger partial charge in [0.1, 0.15) is 4.83 Å². The van der Waals surface area contributed by atoms with Gasteiger partial charge in [-0.15, -0.1) is 11.3 Å². The molecule has 0 spiro atoms. The zero-order chi connectivity index (χ0) is 22.7. The molecular weight excluding hydrogens is 422 g/mol. The van der Waals surface area contributed by atoms with Gasteiger partial charge >= 0.3 is 0 Å². The zero-order valence-corrected chi connectivity index (χ0v) is 18.7. The molecule has 2 heterocycles. The Morgan fingerprint density at radius 2 is 1.78 bits per heavy atom. The SMILES string of the molecule is CCCC(=O)Nc1ccc(C(=O)Cn2cnc3scc(-c4ccc(C)cc4)c3c2=O)cc1. The first kappa shape index (κ1) is 21.6. The van der Waals surface area contributed by atoms with Crippen molar-refractivity contribution >= 4 is 38.9 Å². The average molecular weight is 446 g/mol. The molecule has 0 aliphatic rings. The number of ketones is 1. The topological polar surface area (TPSA) is 81.1 Å². The van der Waals surface area contributed by atoms with Crippen molar-refractivity contribution in [2.75, 3.05) is 5.32 Å². The lowest BCUT2D eigenvalue weighted by atomic mass is 10.0. The molecule has 1 N–H and O–H groups in total. The molecular formula is C25H23N3O3S. The van der Waals surface area contributed by atoms with Crippen molar-refractivity contribution in [2.45, 2.75) is 33.2 Å². The minimum absolute atomic E-state index is 0.0577. The number of benzene rings is 2. The maximum atomic E-state index is 13.2. The molecule has 0 aliphatic carbocycles. The fourth-order valence-corrected chi connectivity index (χ4v) is 4.37. The first-order valence-corrected chi connectivity index (χ1v) is 11.3. The summed E-state index contributed by atoms with van der Waals surface area (Å²) in [6.07, 6.45) is 2.65. The van der Waals surface area contributed by atoms with E-state index in [9.17, 15) is 14.4 Å². The number of amides is 1. The lowest BCUT2D eigenvalue weighted by Gasteiger charge is -2.08. The molecule has 4 aromatic rings. The minimum Gasteiger partial charge on any atom is -0.326 e. The van der Waals surface area contributed by atoms with E-state index in [2.05, 4.69) is 10.3 Å². The predicted octanol–water partition coefficient (Wildman–Crippen LogP) is 5.05. The Morgan fingerprint density at radius 3 is 2.47 bits per heavy atom. The van der Waals surface area contributed by atoms with Crippen molar-refractivity contribution in [3.05, 3.63) is 81.7 Å². The summed E-state index contributed by atoms with van der Waals surface area (Å²) < 4.78 is 1.35. The van der Waals surface area contributed by atoms with Crippen LogP contribution in [0, 0.1) is 6.92 Å². The van der Waals surface area contributed by atoms with Crippen molar-refractivity contribution in [1.82, 2.24) is 9.55 Å². The Hall–Kier alpha value is -3.58. The molecule has 1 amide bonds. The first-order chi connectivity index (χ1) is 15.5. The highest BCUT2D eigenvalue weighted by Crippen LogP contribution is 2.30. The van der Waals surface area contributed by atoms with Crippen LogP contribution in [0.3, 0.4) is 0 Å². The number of carbonyl (C=O) groups is 2. The van der Waals surface area contributed by atoms with Gasteiger partial charge in [0.05, 0.1) is 18.3 Å². The summed E-state index contributed by atoms with van der Waals surface area (Å²) in [6.45, 7) is 3.85. The van der Waals surface area contributed by atoms with Crippen LogP contribution in [0.1, 0.15) is 35.7 Å². The summed E-state index contributed by atoms with van der Waals surface area (Å²) in [6, 6.07) is 14.7. The summed E-state index contributed by atoms with van der Waals surface area (Å²) in [4.78, 5) is 42.8. The fraction of sp³-hybridized carbons (Fsp3) is 0.200. The van der Waals surface area contributed by atoms with E-state index in [1.54, 1.807) is 24.3 Å². The van der Waals surface area contributed by atoms with Gasteiger partial charge in [-0.1, -0.05) is 36.8 Å². The highest BCUT2D eigenvalue weighted by atomic mass is 32.1. The summed E-state index contributed by atoms with van der Waals surface area (Å²) in [5.74, 6) is -0.260. The van der Waals surface area contributed by atoms with Gasteiger partial charge in [-0.3, -0.25) is 19.0 Å². The quantitative estimate of drug-likeness (QED) is 0.404. The van der Waals surface area contributed by atoms with E-state index in [0.29, 0.717) is 27.9 Å². The van der Waals surface area contributed by atoms with Crippen LogP contribution in [-0.2, 0) is 11.3 Å². The summed E-state index contributed by atoms with van der Waals surface area (Å²) in [5, 5.41) is 5.26. The van der Waals surface area contributed by atoms with Crippen LogP contribution >= 0.6 is 11.3 Å². The molecule has 162 valence electrons. The van der Waals surface area contributed by atoms with Gasteiger partial charge in [-0.05, 0) is 43.2 Å². The number of nitrogens with one attached hydrogen (secondary N) is 1. The van der Waals surface area contributed by atoms with Gasteiger partial charge in [-0.2, -0.15) is 0 Å². The molecule has 32 heavy (non-hydrogen) atoms. The molecule has 2 aromatic carbocycles. The van der Waals surface area contributed by atoms with Gasteiger partial charge in [0, 0.05) is 28.6 Å². The second-order valence-corrected chi connectivity index (χ2v) is 8.53. The molecule has 0 saturated carbocycles. The number of hydrogen-bond acceptors (Lipinski definition) is 5. The summed E-state index contributed by atoms with van der Waals surface area (Å²) in [5.41, 5.74) is 3.80. The summed E-state index contributed by atoms with van der Waals surface area (Å²) >= 11 is 1.42. The summed E-state index contributed by atoms with van der Waals surface area (Å²) in [7, 11) is 0. The molecule has 0 saturated heterocycles. The van der Waals surface area contributed by atoms with Crippen molar-refractivity contribution in [3.8, 4) is 11.1 Å². The van der Waals surface area contributed by atoms with Crippen LogP contribution in [0.4, 0.5) is 5.69 Å². The number of fused-ring (bicyclic) bond motifs is 1. The Morgan fingerprint density at radius 1 is 1.06 bits per heavy atom. The van der Waals surface area contributed by atoms with Crippen molar-refractivity contribution in [3.63, 3.8) is 0 Å². The van der Waals surface area contributed by atoms with Crippen LogP contribution in [0.5, 0.6) is 0 Å². The maximum Gasteiger partial charge on any atom is 0.263 e. The van der Waals surface area contributed by atoms with Gasteiger partial charge in [0.2, 0.25) is 5.91 Å². The normalized spacial score (nSPS) is 10.9. The number of aromatic nitrogens is 2. The average Bonchev–Trinajstić information content (AvgIpc) is 3.22. The molecule has 0 unspecified atom stereocenters. The Kier molecular flexibility index (Phi) is 6.28. The molecule has 0 fully saturated rings. The van der Waals surface area contributed by atoms with Crippen LogP contribution in [-0.4, -0.2) is 21.2 Å². The van der Waals surface area contributed by atoms with E-state index < -0.39 is 0 Å². The number of hydrogen-bond donors (Lipinski definition) is 1. The van der Waals surface area contributed by atoms with E-state index in [0.717, 1.165) is 23.1 Å². The van der Waals surface area contributed by atoms with Crippen LogP contribution in [0.25, 0.3) is 21.3 Å². The lowest BCUT2D eigenvalue weighted by Crippen LogP contribution is -2.24. The number of nitrogens with zero attached hydrogens (tertiary/aromatic N) is 2. The van der Waals surface area contributed by atoms with E-state index in [1.807, 2.05) is 43.5 Å². The van der Waals surface area contributed by atoms with E-state index >= 15 is 0 Å². The van der Waals surface area contributed by atoms with Crippen molar-refractivity contribution in [2.24, 2.45) is 0 Å². The lowest BCUT2D eigenvalue weighted by molar-refractivity contribution is -0.116. The fourth-order valence-electron chi connectivity index (χ4n) is 3.46. The third kappa shape index (κ3) is 4.53. The second kappa shape index (κ2) is 9.28. The highest BCUT2D eigenvalue weighted by Gasteiger charge is 2.15. The van der Waals surface area contributed by atoms with Gasteiger partial charge in [-0.25, -0.2) is 4.98 Å². The van der Waals surface area contributed by atoms with Crippen molar-refractivity contribution in [1.29, 1.82) is 0 Å². The third-order valence-electron chi connectivity index (χ3n) is 5.20. The number of aryl methyl sites for hydroxylation is 1. The number of Topliss-reactive ketones (excluding diaryl/α,β-unsaturated/α-hetero) is 1. The van der Waals surface area contributed by atoms with E-state index in [4.69, 9.17) is 0 Å². The molecule has 7 heteroatoms. The molecule has 4 rings (SSSR count). The van der Waals surface area contributed by atoms with Crippen LogP contribution in [0.15, 0.2) is 65.0 Å². The number of thiophene rings is 1. The Bertz CT molecular complexity index is 1340. The third-order valence-corrected chi connectivity index (χ3v) is 6.09. The number of rotatable bonds is 7. The standard InChI is InChI=1S/C25H23N3O3S/c1-3-4-22(30)27-19-11-9-18(10-12-19)21(29)13-28-15-26-24-23(25(28)31)20(14-32-24)17-7-5-16(2)6-8-17/h5-12,14-15H,3-4,13H2,1-2H3,(H,27,30). The molecule has 0 bridgehead atoms. The predicted molar refractivity (Wildman–Crippen MR) is 128 cm³/mol. The van der Waals surface area contributed by atoms with Gasteiger partial charge in [0.15, 0.2) is 5.78 Å². The maximum absolute atomic E-state index is 13.2. The molecule has 0 aliphatic heterocycles.